The first-order valence-corrected chi connectivity index (χ1v) is 12.1. The van der Waals surface area contributed by atoms with E-state index in [1.54, 1.807) is 19.1 Å². The van der Waals surface area contributed by atoms with Gasteiger partial charge in [0.1, 0.15) is 11.8 Å². The van der Waals surface area contributed by atoms with Crippen LogP contribution in [-0.2, 0) is 16.1 Å². The van der Waals surface area contributed by atoms with E-state index in [0.717, 1.165) is 27.2 Å². The molecule has 3 aromatic rings. The van der Waals surface area contributed by atoms with Gasteiger partial charge in [-0.2, -0.15) is 0 Å². The lowest BCUT2D eigenvalue weighted by Gasteiger charge is -2.29. The molecule has 0 heterocycles. The minimum Gasteiger partial charge on any atom is -0.483 e. The Morgan fingerprint density at radius 2 is 1.76 bits per heavy atom. The first-order chi connectivity index (χ1) is 15.8. The van der Waals surface area contributed by atoms with Gasteiger partial charge in [-0.15, -0.1) is 0 Å². The maximum Gasteiger partial charge on any atom is 0.261 e. The van der Waals surface area contributed by atoms with Crippen molar-refractivity contribution < 1.29 is 14.3 Å². The van der Waals surface area contributed by atoms with Crippen LogP contribution in [0.1, 0.15) is 32.8 Å². The number of benzene rings is 3. The van der Waals surface area contributed by atoms with Crippen LogP contribution in [0.3, 0.4) is 0 Å². The van der Waals surface area contributed by atoms with Gasteiger partial charge in [-0.3, -0.25) is 9.59 Å². The summed E-state index contributed by atoms with van der Waals surface area (Å²) in [5.41, 5.74) is 0.878. The van der Waals surface area contributed by atoms with E-state index in [4.69, 9.17) is 16.3 Å². The van der Waals surface area contributed by atoms with E-state index < -0.39 is 6.04 Å². The van der Waals surface area contributed by atoms with Crippen molar-refractivity contribution in [2.75, 3.05) is 6.61 Å². The number of halogens is 2. The van der Waals surface area contributed by atoms with E-state index in [0.29, 0.717) is 10.8 Å². The third-order valence-corrected chi connectivity index (χ3v) is 6.68. The first kappa shape index (κ1) is 25.1. The fraction of sp³-hybridized carbons (Fsp3) is 0.308. The molecule has 2 atom stereocenters. The van der Waals surface area contributed by atoms with Gasteiger partial charge in [0.15, 0.2) is 6.61 Å². The topological polar surface area (TPSA) is 58.6 Å². The maximum absolute atomic E-state index is 13.2. The van der Waals surface area contributed by atoms with Gasteiger partial charge in [0.05, 0.1) is 4.47 Å². The van der Waals surface area contributed by atoms with E-state index in [2.05, 4.69) is 21.2 Å². The molecule has 0 aliphatic heterocycles. The largest absolute Gasteiger partial charge is 0.483 e. The van der Waals surface area contributed by atoms with Crippen molar-refractivity contribution >= 4 is 50.1 Å². The molecule has 0 saturated heterocycles. The Bertz CT molecular complexity index is 1120. The van der Waals surface area contributed by atoms with Crippen LogP contribution in [0.15, 0.2) is 65.1 Å². The average molecular weight is 532 g/mol. The van der Waals surface area contributed by atoms with Crippen LogP contribution in [0.4, 0.5) is 0 Å². The lowest BCUT2D eigenvalue weighted by Crippen LogP contribution is -2.50. The van der Waals surface area contributed by atoms with Crippen molar-refractivity contribution in [3.8, 4) is 5.75 Å². The highest BCUT2D eigenvalue weighted by Gasteiger charge is 2.27. The Hall–Kier alpha value is -2.57. The van der Waals surface area contributed by atoms with Crippen LogP contribution in [0.2, 0.25) is 5.02 Å². The Morgan fingerprint density at radius 1 is 1.06 bits per heavy atom. The fourth-order valence-corrected chi connectivity index (χ4v) is 4.12. The molecule has 0 spiro atoms. The number of nitrogens with zero attached hydrogens (tertiary/aromatic N) is 1. The summed E-state index contributed by atoms with van der Waals surface area (Å²) in [5, 5.41) is 5.65. The van der Waals surface area contributed by atoms with Gasteiger partial charge in [0.25, 0.3) is 5.91 Å². The molecular weight excluding hydrogens is 504 g/mol. The van der Waals surface area contributed by atoms with Gasteiger partial charge in [-0.05, 0) is 70.7 Å². The molecule has 1 N–H and O–H groups in total. The number of rotatable bonds is 9. The van der Waals surface area contributed by atoms with Crippen LogP contribution >= 0.6 is 27.5 Å². The molecule has 0 aliphatic carbocycles. The monoisotopic (exact) mass is 530 g/mol. The van der Waals surface area contributed by atoms with Gasteiger partial charge in [-0.25, -0.2) is 0 Å². The lowest BCUT2D eigenvalue weighted by molar-refractivity contribution is -0.142. The average Bonchev–Trinajstić information content (AvgIpc) is 2.82. The highest BCUT2D eigenvalue weighted by molar-refractivity contribution is 9.10. The molecule has 2 amide bonds. The molecule has 0 aliphatic rings. The summed E-state index contributed by atoms with van der Waals surface area (Å²) in [5.74, 6) is 0.0977. The Labute approximate surface area is 208 Å². The number of carbonyl (C=O) groups is 2. The van der Waals surface area contributed by atoms with Crippen LogP contribution < -0.4 is 10.1 Å². The van der Waals surface area contributed by atoms with E-state index in [9.17, 15) is 9.59 Å². The zero-order valence-electron chi connectivity index (χ0n) is 19.0. The van der Waals surface area contributed by atoms with Gasteiger partial charge in [-0.1, -0.05) is 61.0 Å². The zero-order valence-corrected chi connectivity index (χ0v) is 21.3. The summed E-state index contributed by atoms with van der Waals surface area (Å²) in [6.45, 7) is 5.76. The third-order valence-electron chi connectivity index (χ3n) is 5.61. The van der Waals surface area contributed by atoms with Crippen LogP contribution in [0, 0.1) is 0 Å². The van der Waals surface area contributed by atoms with E-state index in [1.807, 2.05) is 62.4 Å². The van der Waals surface area contributed by atoms with Crippen molar-refractivity contribution in [3.63, 3.8) is 0 Å². The normalized spacial score (nSPS) is 12.8. The molecule has 174 valence electrons. The highest BCUT2D eigenvalue weighted by Crippen LogP contribution is 2.33. The Morgan fingerprint density at radius 3 is 2.45 bits per heavy atom. The fourth-order valence-electron chi connectivity index (χ4n) is 3.38. The van der Waals surface area contributed by atoms with Crippen LogP contribution in [0.25, 0.3) is 10.8 Å². The molecule has 5 nitrogen and oxygen atoms in total. The molecule has 0 bridgehead atoms. The van der Waals surface area contributed by atoms with Crippen LogP contribution in [0.5, 0.6) is 5.75 Å². The molecule has 3 rings (SSSR count). The number of amides is 2. The summed E-state index contributed by atoms with van der Waals surface area (Å²) >= 11 is 9.59. The summed E-state index contributed by atoms with van der Waals surface area (Å²) in [4.78, 5) is 27.6. The summed E-state index contributed by atoms with van der Waals surface area (Å²) in [7, 11) is 0. The second kappa shape index (κ2) is 11.5. The molecule has 0 saturated carbocycles. The number of hydrogen-bond donors (Lipinski definition) is 1. The number of hydrogen-bond acceptors (Lipinski definition) is 3. The van der Waals surface area contributed by atoms with Crippen molar-refractivity contribution in [1.29, 1.82) is 0 Å². The second-order valence-corrected chi connectivity index (χ2v) is 9.26. The summed E-state index contributed by atoms with van der Waals surface area (Å²) < 4.78 is 6.68. The molecule has 33 heavy (non-hydrogen) atoms. The van der Waals surface area contributed by atoms with E-state index in [1.165, 1.54) is 4.90 Å². The summed E-state index contributed by atoms with van der Waals surface area (Å²) in [6.07, 6.45) is 0.808. The molecule has 0 radical (unpaired) electrons. The van der Waals surface area contributed by atoms with E-state index in [-0.39, 0.29) is 31.0 Å². The molecule has 0 aromatic heterocycles. The van der Waals surface area contributed by atoms with Gasteiger partial charge in [0.2, 0.25) is 5.91 Å². The first-order valence-electron chi connectivity index (χ1n) is 10.9. The Kier molecular flexibility index (Phi) is 8.75. The quantitative estimate of drug-likeness (QED) is 0.370. The smallest absolute Gasteiger partial charge is 0.261 e. The zero-order chi connectivity index (χ0) is 24.0. The van der Waals surface area contributed by atoms with Gasteiger partial charge < -0.3 is 15.0 Å². The van der Waals surface area contributed by atoms with Crippen molar-refractivity contribution in [2.45, 2.75) is 45.8 Å². The van der Waals surface area contributed by atoms with Crippen molar-refractivity contribution in [2.24, 2.45) is 0 Å². The summed E-state index contributed by atoms with van der Waals surface area (Å²) in [6, 6.07) is 18.3. The minimum absolute atomic E-state index is 0.0252. The highest BCUT2D eigenvalue weighted by atomic mass is 79.9. The molecule has 0 unspecified atom stereocenters. The standard InChI is InChI=1S/C26H28BrClN2O3/c1-4-17(2)29-26(32)18(3)30(15-19-9-12-21(28)13-10-19)24(31)16-33-23-14-11-20-7-5-6-8-22(20)25(23)27/h5-14,17-18H,4,15-16H2,1-3H3,(H,29,32)/t17-,18+/m0/s1. The number of carbonyl (C=O) groups excluding carboxylic acids is 2. The van der Waals surface area contributed by atoms with Crippen molar-refractivity contribution in [3.05, 3.63) is 75.7 Å². The molecule has 3 aromatic carbocycles. The molecule has 7 heteroatoms. The third kappa shape index (κ3) is 6.49. The lowest BCUT2D eigenvalue weighted by atomic mass is 10.1. The predicted molar refractivity (Wildman–Crippen MR) is 137 cm³/mol. The molecular formula is C26H28BrClN2O3. The minimum atomic E-state index is -0.661. The van der Waals surface area contributed by atoms with Gasteiger partial charge >= 0.3 is 0 Å². The number of nitrogens with one attached hydrogen (secondary N) is 1. The number of ether oxygens (including phenoxy) is 1. The Balaban J connectivity index is 1.78. The predicted octanol–water partition coefficient (Wildman–Crippen LogP) is 5.97. The van der Waals surface area contributed by atoms with Gasteiger partial charge in [0, 0.05) is 17.6 Å². The number of fused-ring (bicyclic) bond motifs is 1. The molecule has 0 fully saturated rings. The van der Waals surface area contributed by atoms with E-state index >= 15 is 0 Å². The van der Waals surface area contributed by atoms with Crippen molar-refractivity contribution in [1.82, 2.24) is 10.2 Å². The van der Waals surface area contributed by atoms with Crippen LogP contribution in [-0.4, -0.2) is 35.4 Å². The maximum atomic E-state index is 13.2. The second-order valence-electron chi connectivity index (χ2n) is 8.03. The SMILES string of the molecule is CC[C@H](C)NC(=O)[C@@H](C)N(Cc1ccc(Cl)cc1)C(=O)COc1ccc2ccccc2c1Br.